The maximum atomic E-state index is 12.2. The average molecular weight is 521 g/mol. The Kier molecular flexibility index (Phi) is 9.88. The van der Waals surface area contributed by atoms with Crippen LogP contribution >= 0.6 is 0 Å². The van der Waals surface area contributed by atoms with E-state index in [-0.39, 0.29) is 12.5 Å². The lowest BCUT2D eigenvalue weighted by Gasteiger charge is -2.29. The molecule has 2 N–H and O–H groups in total. The summed E-state index contributed by atoms with van der Waals surface area (Å²) in [5.41, 5.74) is 3.69. The predicted molar refractivity (Wildman–Crippen MR) is 149 cm³/mol. The summed E-state index contributed by atoms with van der Waals surface area (Å²) >= 11 is 0. The highest BCUT2D eigenvalue weighted by atomic mass is 32.2. The lowest BCUT2D eigenvalue weighted by atomic mass is 9.86. The maximum absolute atomic E-state index is 12.2. The quantitative estimate of drug-likeness (QED) is 0.470. The lowest BCUT2D eigenvalue weighted by Crippen LogP contribution is -2.38. The summed E-state index contributed by atoms with van der Waals surface area (Å²) in [4.78, 5) is 14.7. The Hall–Kier alpha value is -3.00. The first kappa shape index (κ1) is 27.0. The van der Waals surface area contributed by atoms with Crippen LogP contribution in [0.15, 0.2) is 66.7 Å². The van der Waals surface area contributed by atoms with Crippen molar-refractivity contribution >= 4 is 32.3 Å². The minimum absolute atomic E-state index is 0.127. The van der Waals surface area contributed by atoms with Crippen molar-refractivity contribution in [3.05, 3.63) is 83.4 Å². The molecule has 3 aromatic rings. The molecule has 2 atom stereocenters. The summed E-state index contributed by atoms with van der Waals surface area (Å²) in [6.07, 6.45) is 5.16. The molecular weight excluding hydrogens is 484 g/mol. The Labute approximate surface area is 220 Å². The maximum Gasteiger partial charge on any atom is 0.249 e. The van der Waals surface area contributed by atoms with Crippen LogP contribution in [0.3, 0.4) is 0 Å². The first-order valence-electron chi connectivity index (χ1n) is 13.2. The van der Waals surface area contributed by atoms with E-state index in [1.54, 1.807) is 0 Å². The Morgan fingerprint density at radius 2 is 1.62 bits per heavy atom. The van der Waals surface area contributed by atoms with Crippen LogP contribution in [0.2, 0.25) is 0 Å². The lowest BCUT2D eigenvalue weighted by molar-refractivity contribution is -0.129. The zero-order valence-electron chi connectivity index (χ0n) is 21.2. The second-order valence-electron chi connectivity index (χ2n) is 9.85. The number of nitrogens with zero attached hydrogens (tertiary/aromatic N) is 1. The molecule has 1 amide bonds. The number of nitrogens with one attached hydrogen (secondary N) is 1. The molecule has 0 saturated carbocycles. The van der Waals surface area contributed by atoms with Crippen LogP contribution in [-0.2, 0) is 28.1 Å². The predicted octanol–water partition coefficient (Wildman–Crippen LogP) is 4.44. The SMILES string of the molecule is O=C(N[C@@H]1CCCc2cc(CN3CCCCC3)ccc21)[C@H](O)CC=S(=O)=O.c1ccc2ccccc2c1. The highest BCUT2D eigenvalue weighted by molar-refractivity contribution is 7.71. The average Bonchev–Trinajstić information content (AvgIpc) is 2.92. The normalized spacial score (nSPS) is 18.1. The van der Waals surface area contributed by atoms with Crippen LogP contribution in [0.4, 0.5) is 0 Å². The van der Waals surface area contributed by atoms with Crippen molar-refractivity contribution in [2.24, 2.45) is 0 Å². The number of likely N-dealkylation sites (tertiary alicyclic amines) is 1. The van der Waals surface area contributed by atoms with Gasteiger partial charge in [0.1, 0.15) is 6.10 Å². The van der Waals surface area contributed by atoms with Gasteiger partial charge in [0.05, 0.1) is 6.04 Å². The van der Waals surface area contributed by atoms with Gasteiger partial charge in [-0.1, -0.05) is 73.2 Å². The fourth-order valence-electron chi connectivity index (χ4n) is 5.17. The smallest absolute Gasteiger partial charge is 0.249 e. The minimum Gasteiger partial charge on any atom is -0.383 e. The molecule has 37 heavy (non-hydrogen) atoms. The Bertz CT molecular complexity index is 1260. The zero-order valence-corrected chi connectivity index (χ0v) is 22.0. The largest absolute Gasteiger partial charge is 0.383 e. The van der Waals surface area contributed by atoms with Gasteiger partial charge in [-0.25, -0.2) is 0 Å². The second-order valence-corrected chi connectivity index (χ2v) is 10.7. The first-order chi connectivity index (χ1) is 18.0. The van der Waals surface area contributed by atoms with Gasteiger partial charge in [0.2, 0.25) is 16.2 Å². The van der Waals surface area contributed by atoms with Gasteiger partial charge in [0, 0.05) is 18.3 Å². The van der Waals surface area contributed by atoms with E-state index in [1.165, 1.54) is 54.3 Å². The van der Waals surface area contributed by atoms with E-state index in [1.807, 2.05) is 0 Å². The van der Waals surface area contributed by atoms with Crippen molar-refractivity contribution in [3.8, 4) is 0 Å². The molecule has 0 unspecified atom stereocenters. The van der Waals surface area contributed by atoms with Gasteiger partial charge in [-0.15, -0.1) is 0 Å². The molecule has 0 spiro atoms. The fourth-order valence-corrected chi connectivity index (χ4v) is 5.51. The molecule has 2 aliphatic rings. The second kappa shape index (κ2) is 13.5. The molecule has 0 radical (unpaired) electrons. The number of rotatable bonds is 6. The molecule has 5 rings (SSSR count). The molecule has 1 aliphatic heterocycles. The molecule has 3 aromatic carbocycles. The molecule has 1 saturated heterocycles. The number of benzene rings is 3. The van der Waals surface area contributed by atoms with Gasteiger partial charge in [-0.3, -0.25) is 9.69 Å². The number of piperidine rings is 1. The monoisotopic (exact) mass is 520 g/mol. The van der Waals surface area contributed by atoms with Gasteiger partial charge in [0.25, 0.3) is 0 Å². The summed E-state index contributed by atoms with van der Waals surface area (Å²) in [5.74, 6) is -0.521. The molecule has 0 bridgehead atoms. The van der Waals surface area contributed by atoms with Crippen LogP contribution in [0, 0.1) is 0 Å². The van der Waals surface area contributed by atoms with E-state index in [0.717, 1.165) is 36.7 Å². The van der Waals surface area contributed by atoms with Gasteiger partial charge >= 0.3 is 0 Å². The Morgan fingerprint density at radius 1 is 0.973 bits per heavy atom. The summed E-state index contributed by atoms with van der Waals surface area (Å²) in [7, 11) is -2.37. The van der Waals surface area contributed by atoms with Crippen LogP contribution in [0.5, 0.6) is 0 Å². The van der Waals surface area contributed by atoms with Crippen molar-refractivity contribution in [2.45, 2.75) is 63.6 Å². The number of hydrogen-bond acceptors (Lipinski definition) is 5. The highest BCUT2D eigenvalue weighted by Crippen LogP contribution is 2.31. The number of hydrogen-bond donors (Lipinski definition) is 2. The molecule has 7 heteroatoms. The van der Waals surface area contributed by atoms with Crippen LogP contribution in [-0.4, -0.2) is 48.9 Å². The van der Waals surface area contributed by atoms with E-state index < -0.39 is 22.3 Å². The van der Waals surface area contributed by atoms with Gasteiger partial charge < -0.3 is 10.4 Å². The number of aryl methyl sites for hydroxylation is 1. The standard InChI is InChI=1S/C20H28N2O4S.C10H8/c23-19(9-12-27(25)26)20(24)21-18-6-4-5-16-13-15(7-8-17(16)18)14-22-10-2-1-3-11-22;1-2-6-10-8-4-3-7-9(10)5-1/h7-8,12-13,18-19,23H,1-6,9-11,14H2,(H,21,24);1-8H/t18-,19-;/m1./s1. The molecule has 196 valence electrons. The number of carbonyl (C=O) groups is 1. The topological polar surface area (TPSA) is 86.7 Å². The van der Waals surface area contributed by atoms with E-state index in [0.29, 0.717) is 0 Å². The minimum atomic E-state index is -2.37. The first-order valence-corrected chi connectivity index (χ1v) is 14.3. The number of carbonyl (C=O) groups excluding carboxylic acids is 1. The number of amides is 1. The molecule has 1 aliphatic carbocycles. The number of aliphatic hydroxyl groups excluding tert-OH is 1. The van der Waals surface area contributed by atoms with Gasteiger partial charge in [0.15, 0.2) is 0 Å². The van der Waals surface area contributed by atoms with E-state index in [9.17, 15) is 18.3 Å². The Morgan fingerprint density at radius 3 is 2.24 bits per heavy atom. The van der Waals surface area contributed by atoms with E-state index >= 15 is 0 Å². The highest BCUT2D eigenvalue weighted by Gasteiger charge is 2.25. The van der Waals surface area contributed by atoms with Crippen LogP contribution in [0.1, 0.15) is 61.3 Å². The molecular formula is C30H36N2O4S. The fraction of sp³-hybridized carbons (Fsp3) is 0.400. The molecule has 6 nitrogen and oxygen atoms in total. The van der Waals surface area contributed by atoms with Crippen LogP contribution in [0.25, 0.3) is 10.8 Å². The Balaban J connectivity index is 0.000000265. The van der Waals surface area contributed by atoms with E-state index in [2.05, 4.69) is 76.9 Å². The van der Waals surface area contributed by atoms with Crippen molar-refractivity contribution in [3.63, 3.8) is 0 Å². The van der Waals surface area contributed by atoms with Crippen molar-refractivity contribution in [2.75, 3.05) is 13.1 Å². The molecule has 1 fully saturated rings. The summed E-state index contributed by atoms with van der Waals surface area (Å²) in [5, 5.41) is 16.3. The van der Waals surface area contributed by atoms with Crippen molar-refractivity contribution < 1.29 is 18.3 Å². The number of aliphatic hydroxyl groups is 1. The summed E-state index contributed by atoms with van der Waals surface area (Å²) < 4.78 is 21.1. The van der Waals surface area contributed by atoms with Gasteiger partial charge in [-0.05, 0) is 72.7 Å². The number of fused-ring (bicyclic) bond motifs is 2. The van der Waals surface area contributed by atoms with E-state index in [4.69, 9.17) is 0 Å². The molecule has 1 heterocycles. The third-order valence-corrected chi connectivity index (χ3v) is 7.57. The third kappa shape index (κ3) is 7.99. The molecule has 0 aromatic heterocycles. The zero-order chi connectivity index (χ0) is 26.0. The third-order valence-electron chi connectivity index (χ3n) is 7.11. The summed E-state index contributed by atoms with van der Waals surface area (Å²) in [6.45, 7) is 3.31. The van der Waals surface area contributed by atoms with Crippen molar-refractivity contribution in [1.82, 2.24) is 10.2 Å². The van der Waals surface area contributed by atoms with Gasteiger partial charge in [-0.2, -0.15) is 8.42 Å². The van der Waals surface area contributed by atoms with Crippen LogP contribution < -0.4 is 5.32 Å². The van der Waals surface area contributed by atoms with Crippen molar-refractivity contribution in [1.29, 1.82) is 0 Å². The summed E-state index contributed by atoms with van der Waals surface area (Å²) in [6, 6.07) is 23.1.